The van der Waals surface area contributed by atoms with Gasteiger partial charge in [-0.3, -0.25) is 0 Å². The Balaban J connectivity index is 2.17. The lowest BCUT2D eigenvalue weighted by molar-refractivity contribution is 0.740. The maximum Gasteiger partial charge on any atom is 0.364 e. The summed E-state index contributed by atoms with van der Waals surface area (Å²) in [5.41, 5.74) is 0.553. The molecule has 19 heavy (non-hydrogen) atoms. The molecule has 0 unspecified atom stereocenters. The molecule has 0 spiro atoms. The van der Waals surface area contributed by atoms with Crippen LogP contribution < -0.4 is 5.69 Å². The predicted molar refractivity (Wildman–Crippen MR) is 76.3 cm³/mol. The maximum atomic E-state index is 11.7. The first-order chi connectivity index (χ1) is 9.33. The van der Waals surface area contributed by atoms with E-state index in [1.54, 1.807) is 6.21 Å². The van der Waals surface area contributed by atoms with Crippen LogP contribution in [-0.4, -0.2) is 21.1 Å². The third kappa shape index (κ3) is 3.40. The first kappa shape index (κ1) is 13.3. The van der Waals surface area contributed by atoms with Crippen LogP contribution in [0.15, 0.2) is 40.2 Å². The number of aromatic amines is 1. The fraction of sp³-hybridized carbons (Fsp3) is 0.357. The van der Waals surface area contributed by atoms with Crippen molar-refractivity contribution in [2.24, 2.45) is 5.10 Å². The molecule has 0 radical (unpaired) electrons. The van der Waals surface area contributed by atoms with Gasteiger partial charge in [-0.1, -0.05) is 50.1 Å². The molecule has 0 aliphatic heterocycles. The highest BCUT2D eigenvalue weighted by molar-refractivity contribution is 5.59. The molecule has 2 rings (SSSR count). The molecule has 0 fully saturated rings. The Bertz CT molecular complexity index is 583. The van der Waals surface area contributed by atoms with Crippen LogP contribution in [0, 0.1) is 0 Å². The zero-order valence-corrected chi connectivity index (χ0v) is 11.0. The largest absolute Gasteiger partial charge is 0.364 e. The van der Waals surface area contributed by atoms with Crippen LogP contribution >= 0.6 is 0 Å². The molecule has 0 aliphatic carbocycles. The minimum Gasteiger partial charge on any atom is -0.244 e. The SMILES string of the molecule is CCCCCC=Nn1c(-c2ccccc2)n[nH]c1=O. The molecule has 2 aromatic rings. The molecule has 5 heteroatoms. The number of hydrogen-bond donors (Lipinski definition) is 1. The lowest BCUT2D eigenvalue weighted by atomic mass is 10.2. The Hall–Kier alpha value is -2.17. The molecule has 0 saturated heterocycles. The number of nitrogens with one attached hydrogen (secondary N) is 1. The Morgan fingerprint density at radius 3 is 2.84 bits per heavy atom. The minimum absolute atomic E-state index is 0.314. The number of hydrogen-bond acceptors (Lipinski definition) is 3. The van der Waals surface area contributed by atoms with E-state index in [9.17, 15) is 4.79 Å². The fourth-order valence-corrected chi connectivity index (χ4v) is 1.80. The number of H-pyrrole nitrogens is 1. The van der Waals surface area contributed by atoms with E-state index in [0.29, 0.717) is 5.82 Å². The maximum absolute atomic E-state index is 11.7. The van der Waals surface area contributed by atoms with E-state index in [0.717, 1.165) is 18.4 Å². The quantitative estimate of drug-likeness (QED) is 0.639. The van der Waals surface area contributed by atoms with Crippen molar-refractivity contribution in [2.45, 2.75) is 32.6 Å². The van der Waals surface area contributed by atoms with Gasteiger partial charge in [0, 0.05) is 11.8 Å². The summed E-state index contributed by atoms with van der Waals surface area (Å²) in [5.74, 6) is 0.539. The summed E-state index contributed by atoms with van der Waals surface area (Å²) in [7, 11) is 0. The molecule has 0 bridgehead atoms. The summed E-state index contributed by atoms with van der Waals surface area (Å²) in [6.45, 7) is 2.16. The Morgan fingerprint density at radius 1 is 1.32 bits per heavy atom. The lowest BCUT2D eigenvalue weighted by Gasteiger charge is -1.99. The molecule has 0 amide bonds. The van der Waals surface area contributed by atoms with E-state index >= 15 is 0 Å². The molecule has 0 aliphatic rings. The van der Waals surface area contributed by atoms with Gasteiger partial charge in [-0.15, -0.1) is 0 Å². The van der Waals surface area contributed by atoms with Crippen molar-refractivity contribution in [3.8, 4) is 11.4 Å². The van der Waals surface area contributed by atoms with Crippen molar-refractivity contribution in [1.82, 2.24) is 14.9 Å². The Labute approximate surface area is 112 Å². The van der Waals surface area contributed by atoms with Gasteiger partial charge in [0.1, 0.15) is 0 Å². The number of nitrogens with zero attached hydrogens (tertiary/aromatic N) is 3. The summed E-state index contributed by atoms with van der Waals surface area (Å²) in [6, 6.07) is 9.54. The second-order valence-electron chi connectivity index (χ2n) is 4.32. The first-order valence-corrected chi connectivity index (χ1v) is 6.58. The van der Waals surface area contributed by atoms with Gasteiger partial charge in [0.15, 0.2) is 5.82 Å². The second kappa shape index (κ2) is 6.68. The van der Waals surface area contributed by atoms with E-state index in [1.165, 1.54) is 17.5 Å². The Kier molecular flexibility index (Phi) is 4.66. The van der Waals surface area contributed by atoms with Gasteiger partial charge in [-0.25, -0.2) is 9.89 Å². The standard InChI is InChI=1S/C14H18N4O/c1-2-3-4-8-11-15-18-13(16-17-14(18)19)12-9-6-5-7-10-12/h5-7,9-11H,2-4,8H2,1H3,(H,17,19). The molecule has 1 aromatic carbocycles. The summed E-state index contributed by atoms with van der Waals surface area (Å²) >= 11 is 0. The fourth-order valence-electron chi connectivity index (χ4n) is 1.80. The average molecular weight is 258 g/mol. The van der Waals surface area contributed by atoms with Crippen LogP contribution in [0.4, 0.5) is 0 Å². The number of aromatic nitrogens is 3. The predicted octanol–water partition coefficient (Wildman–Crippen LogP) is 2.65. The van der Waals surface area contributed by atoms with E-state index in [1.807, 2.05) is 30.3 Å². The molecular weight excluding hydrogens is 240 g/mol. The zero-order chi connectivity index (χ0) is 13.5. The van der Waals surface area contributed by atoms with Gasteiger partial charge in [0.25, 0.3) is 0 Å². The van der Waals surface area contributed by atoms with Gasteiger partial charge in [-0.2, -0.15) is 14.9 Å². The van der Waals surface area contributed by atoms with Crippen molar-refractivity contribution in [3.63, 3.8) is 0 Å². The molecule has 0 atom stereocenters. The summed E-state index contributed by atoms with van der Waals surface area (Å²) < 4.78 is 1.31. The molecule has 1 aromatic heterocycles. The van der Waals surface area contributed by atoms with E-state index in [-0.39, 0.29) is 5.69 Å². The second-order valence-corrected chi connectivity index (χ2v) is 4.32. The molecular formula is C14H18N4O. The summed E-state index contributed by atoms with van der Waals surface area (Å²) in [4.78, 5) is 11.7. The summed E-state index contributed by atoms with van der Waals surface area (Å²) in [5, 5.41) is 10.6. The van der Waals surface area contributed by atoms with Crippen molar-refractivity contribution in [3.05, 3.63) is 40.8 Å². The van der Waals surface area contributed by atoms with Crippen molar-refractivity contribution >= 4 is 6.21 Å². The van der Waals surface area contributed by atoms with Crippen molar-refractivity contribution in [2.75, 3.05) is 0 Å². The molecule has 1 heterocycles. The average Bonchev–Trinajstić information content (AvgIpc) is 2.81. The van der Waals surface area contributed by atoms with Crippen LogP contribution in [0.3, 0.4) is 0 Å². The van der Waals surface area contributed by atoms with Gasteiger partial charge in [-0.05, 0) is 12.8 Å². The van der Waals surface area contributed by atoms with E-state index in [4.69, 9.17) is 0 Å². The van der Waals surface area contributed by atoms with Crippen molar-refractivity contribution in [1.29, 1.82) is 0 Å². The third-order valence-corrected chi connectivity index (χ3v) is 2.82. The monoisotopic (exact) mass is 258 g/mol. The van der Waals surface area contributed by atoms with Crippen LogP contribution in [0.5, 0.6) is 0 Å². The van der Waals surface area contributed by atoms with Gasteiger partial charge in [0.2, 0.25) is 0 Å². The Morgan fingerprint density at radius 2 is 2.11 bits per heavy atom. The third-order valence-electron chi connectivity index (χ3n) is 2.82. The van der Waals surface area contributed by atoms with Gasteiger partial charge in [0.05, 0.1) is 0 Å². The van der Waals surface area contributed by atoms with Crippen molar-refractivity contribution < 1.29 is 0 Å². The highest BCUT2D eigenvalue weighted by Crippen LogP contribution is 2.13. The van der Waals surface area contributed by atoms with E-state index in [2.05, 4.69) is 22.2 Å². The zero-order valence-electron chi connectivity index (χ0n) is 11.0. The highest BCUT2D eigenvalue weighted by Gasteiger charge is 2.08. The minimum atomic E-state index is -0.314. The normalized spacial score (nSPS) is 11.2. The van der Waals surface area contributed by atoms with Crippen LogP contribution in [0.1, 0.15) is 32.6 Å². The summed E-state index contributed by atoms with van der Waals surface area (Å²) in [6.07, 6.45) is 6.10. The smallest absolute Gasteiger partial charge is 0.244 e. The molecule has 0 saturated carbocycles. The number of rotatable bonds is 6. The molecule has 1 N–H and O–H groups in total. The topological polar surface area (TPSA) is 63.0 Å². The van der Waals surface area contributed by atoms with Gasteiger partial charge >= 0.3 is 5.69 Å². The van der Waals surface area contributed by atoms with Gasteiger partial charge < -0.3 is 0 Å². The molecule has 5 nitrogen and oxygen atoms in total. The van der Waals surface area contributed by atoms with Crippen LogP contribution in [0.25, 0.3) is 11.4 Å². The number of benzene rings is 1. The first-order valence-electron chi connectivity index (χ1n) is 6.58. The van der Waals surface area contributed by atoms with E-state index < -0.39 is 0 Å². The van der Waals surface area contributed by atoms with Crippen LogP contribution in [-0.2, 0) is 0 Å². The highest BCUT2D eigenvalue weighted by atomic mass is 16.2. The number of unbranched alkanes of at least 4 members (excludes halogenated alkanes) is 3. The lowest BCUT2D eigenvalue weighted by Crippen LogP contribution is -2.13. The molecule has 100 valence electrons. The van der Waals surface area contributed by atoms with Crippen LogP contribution in [0.2, 0.25) is 0 Å².